The molecule has 0 aliphatic carbocycles. The lowest BCUT2D eigenvalue weighted by Gasteiger charge is -2.29. The molecule has 0 unspecified atom stereocenters. The normalized spacial score (nSPS) is 18.0. The van der Waals surface area contributed by atoms with Crippen molar-refractivity contribution in [2.45, 2.75) is 30.2 Å². The van der Waals surface area contributed by atoms with Crippen LogP contribution < -0.4 is 9.64 Å². The maximum Gasteiger partial charge on any atom is 0.287 e. The van der Waals surface area contributed by atoms with Crippen LogP contribution in [0.2, 0.25) is 0 Å². The maximum absolute atomic E-state index is 13.4. The molecule has 0 saturated carbocycles. The first kappa shape index (κ1) is 25.8. The lowest BCUT2D eigenvalue weighted by Crippen LogP contribution is -2.29. The minimum atomic E-state index is -0.796. The third-order valence-electron chi connectivity index (χ3n) is 6.87. The summed E-state index contributed by atoms with van der Waals surface area (Å²) in [7, 11) is 1.53. The van der Waals surface area contributed by atoms with Crippen LogP contribution in [-0.2, 0) is 0 Å². The number of aromatic hydroxyl groups is 1. The van der Waals surface area contributed by atoms with Crippen LogP contribution in [0.5, 0.6) is 11.5 Å². The van der Waals surface area contributed by atoms with Gasteiger partial charge in [0.1, 0.15) is 17.3 Å². The highest BCUT2D eigenvalue weighted by molar-refractivity contribution is 8.14. The summed E-state index contributed by atoms with van der Waals surface area (Å²) in [6.45, 7) is 0. The number of amides is 1. The summed E-state index contributed by atoms with van der Waals surface area (Å²) in [6.07, 6.45) is 0.0877. The fourth-order valence-corrected chi connectivity index (χ4v) is 6.11. The molecule has 1 aliphatic rings. The number of aliphatic hydroxyl groups excluding tert-OH is 1. The number of rotatable bonds is 8. The number of hydrogen-bond donors (Lipinski definition) is 2. The Labute approximate surface area is 225 Å². The molecule has 3 atom stereocenters. The van der Waals surface area contributed by atoms with E-state index in [0.717, 1.165) is 16.8 Å². The number of halogens is 1. The molecular formula is C31H28FNO4S. The molecule has 38 heavy (non-hydrogen) atoms. The van der Waals surface area contributed by atoms with Crippen LogP contribution in [0.3, 0.4) is 0 Å². The quantitative estimate of drug-likeness (QED) is 0.247. The molecule has 1 saturated heterocycles. The van der Waals surface area contributed by atoms with Gasteiger partial charge in [-0.2, -0.15) is 0 Å². The molecule has 0 radical (unpaired) electrons. The second-order valence-corrected chi connectivity index (χ2v) is 10.4. The third kappa shape index (κ3) is 5.39. The second kappa shape index (κ2) is 11.3. The van der Waals surface area contributed by atoms with Crippen LogP contribution in [0.25, 0.3) is 11.1 Å². The van der Waals surface area contributed by atoms with Crippen molar-refractivity contribution in [3.8, 4) is 22.6 Å². The number of benzene rings is 4. The van der Waals surface area contributed by atoms with Gasteiger partial charge in [0.25, 0.3) is 5.24 Å². The Morgan fingerprint density at radius 1 is 0.947 bits per heavy atom. The first-order valence-corrected chi connectivity index (χ1v) is 13.3. The zero-order chi connectivity index (χ0) is 26.6. The monoisotopic (exact) mass is 529 g/mol. The van der Waals surface area contributed by atoms with Gasteiger partial charge in [-0.3, -0.25) is 9.69 Å². The maximum atomic E-state index is 13.4. The Morgan fingerprint density at radius 2 is 1.63 bits per heavy atom. The highest BCUT2D eigenvalue weighted by Gasteiger charge is 2.43. The van der Waals surface area contributed by atoms with Gasteiger partial charge in [0.15, 0.2) is 0 Å². The topological polar surface area (TPSA) is 70.0 Å². The van der Waals surface area contributed by atoms with E-state index in [1.165, 1.54) is 31.0 Å². The van der Waals surface area contributed by atoms with Crippen molar-refractivity contribution in [3.63, 3.8) is 0 Å². The molecule has 5 nitrogen and oxygen atoms in total. The van der Waals surface area contributed by atoms with E-state index < -0.39 is 12.1 Å². The van der Waals surface area contributed by atoms with E-state index in [-0.39, 0.29) is 22.1 Å². The van der Waals surface area contributed by atoms with E-state index in [2.05, 4.69) is 0 Å². The zero-order valence-electron chi connectivity index (χ0n) is 20.8. The molecule has 1 heterocycles. The predicted molar refractivity (Wildman–Crippen MR) is 149 cm³/mol. The minimum absolute atomic E-state index is 0.0413. The van der Waals surface area contributed by atoms with Gasteiger partial charge in [0.2, 0.25) is 0 Å². The number of aliphatic hydroxyl groups is 1. The van der Waals surface area contributed by atoms with Gasteiger partial charge < -0.3 is 14.9 Å². The van der Waals surface area contributed by atoms with Gasteiger partial charge >= 0.3 is 0 Å². The third-order valence-corrected chi connectivity index (χ3v) is 8.06. The van der Waals surface area contributed by atoms with Crippen LogP contribution in [0.4, 0.5) is 14.9 Å². The number of carbonyl (C=O) groups is 1. The summed E-state index contributed by atoms with van der Waals surface area (Å²) >= 11 is 1.20. The Kier molecular flexibility index (Phi) is 7.67. The van der Waals surface area contributed by atoms with E-state index >= 15 is 0 Å². The number of carbonyl (C=O) groups excluding carboxylic acids is 1. The van der Waals surface area contributed by atoms with Crippen LogP contribution in [0, 0.1) is 5.82 Å². The molecule has 5 rings (SSSR count). The first-order chi connectivity index (χ1) is 18.4. The lowest BCUT2D eigenvalue weighted by atomic mass is 9.95. The molecule has 4 aromatic carbocycles. The minimum Gasteiger partial charge on any atom is -0.507 e. The van der Waals surface area contributed by atoms with Crippen molar-refractivity contribution in [2.24, 2.45) is 0 Å². The molecule has 2 N–H and O–H groups in total. The molecule has 1 fully saturated rings. The van der Waals surface area contributed by atoms with Gasteiger partial charge in [0, 0.05) is 22.6 Å². The van der Waals surface area contributed by atoms with Crippen LogP contribution in [0.15, 0.2) is 97.1 Å². The Bertz CT molecular complexity index is 1400. The van der Waals surface area contributed by atoms with Gasteiger partial charge in [-0.05, 0) is 65.9 Å². The van der Waals surface area contributed by atoms with Gasteiger partial charge in [-0.25, -0.2) is 4.39 Å². The fourth-order valence-electron chi connectivity index (χ4n) is 4.87. The number of thioether (sulfide) groups is 1. The van der Waals surface area contributed by atoms with Crippen molar-refractivity contribution >= 4 is 22.7 Å². The Morgan fingerprint density at radius 3 is 2.29 bits per heavy atom. The standard InChI is InChI=1S/C31H28FNO4S/c1-37-25-15-16-26(28(35)19-25)30-29(18-17-27(34)22-7-11-23(32)12-8-22)38-31(36)33(30)24-13-9-21(10-14-24)20-5-3-2-4-6-20/h2-16,19,27,29-30,34-35H,17-18H2,1H3/t27-,29+,30+/m0/s1. The SMILES string of the molecule is COc1ccc([C@@H]2[C@@H](CC[C@H](O)c3ccc(F)cc3)SC(=O)N2c2ccc(-c3ccccc3)cc2)c(O)c1. The predicted octanol–water partition coefficient (Wildman–Crippen LogP) is 7.50. The molecule has 0 aromatic heterocycles. The molecule has 0 bridgehead atoms. The van der Waals surface area contributed by atoms with Crippen molar-refractivity contribution in [3.05, 3.63) is 114 Å². The van der Waals surface area contributed by atoms with Crippen molar-refractivity contribution in [1.82, 2.24) is 0 Å². The van der Waals surface area contributed by atoms with Gasteiger partial charge in [0.05, 0.1) is 19.3 Å². The number of phenols is 1. The van der Waals surface area contributed by atoms with Crippen molar-refractivity contribution in [1.29, 1.82) is 0 Å². The highest BCUT2D eigenvalue weighted by atomic mass is 32.2. The van der Waals surface area contributed by atoms with Crippen molar-refractivity contribution in [2.75, 3.05) is 12.0 Å². The number of nitrogens with zero attached hydrogens (tertiary/aromatic N) is 1. The highest BCUT2D eigenvalue weighted by Crippen LogP contribution is 2.49. The Hall–Kier alpha value is -3.81. The number of methoxy groups -OCH3 is 1. The van der Waals surface area contributed by atoms with Crippen LogP contribution in [0.1, 0.15) is 36.1 Å². The summed E-state index contributed by atoms with van der Waals surface area (Å²) in [5.41, 5.74) is 4.08. The molecule has 7 heteroatoms. The average Bonchev–Trinajstić information content (AvgIpc) is 3.28. The van der Waals surface area contributed by atoms with Crippen LogP contribution >= 0.6 is 11.8 Å². The lowest BCUT2D eigenvalue weighted by molar-refractivity contribution is 0.163. The molecule has 194 valence electrons. The van der Waals surface area contributed by atoms with E-state index in [4.69, 9.17) is 4.74 Å². The van der Waals surface area contributed by atoms with Crippen molar-refractivity contribution < 1.29 is 24.1 Å². The number of ether oxygens (including phenoxy) is 1. The molecule has 4 aromatic rings. The number of anilines is 1. The molecule has 0 spiro atoms. The Balaban J connectivity index is 1.45. The summed E-state index contributed by atoms with van der Waals surface area (Å²) in [5.74, 6) is 0.201. The smallest absolute Gasteiger partial charge is 0.287 e. The molecule has 1 aliphatic heterocycles. The van der Waals surface area contributed by atoms with E-state index in [1.807, 2.05) is 54.6 Å². The van der Waals surface area contributed by atoms with E-state index in [1.54, 1.807) is 35.2 Å². The van der Waals surface area contributed by atoms with Gasteiger partial charge in [-0.1, -0.05) is 66.4 Å². The largest absolute Gasteiger partial charge is 0.507 e. The molecule has 1 amide bonds. The fraction of sp³-hybridized carbons (Fsp3) is 0.194. The summed E-state index contributed by atoms with van der Waals surface area (Å²) in [5, 5.41) is 21.3. The number of phenolic OH excluding ortho intramolecular Hbond substituents is 1. The molecular weight excluding hydrogens is 501 g/mol. The summed E-state index contributed by atoms with van der Waals surface area (Å²) in [4.78, 5) is 15.1. The second-order valence-electron chi connectivity index (χ2n) is 9.22. The first-order valence-electron chi connectivity index (χ1n) is 12.4. The number of hydrogen-bond acceptors (Lipinski definition) is 5. The zero-order valence-corrected chi connectivity index (χ0v) is 21.6. The average molecular weight is 530 g/mol. The van der Waals surface area contributed by atoms with E-state index in [0.29, 0.717) is 29.7 Å². The van der Waals surface area contributed by atoms with E-state index in [9.17, 15) is 19.4 Å². The summed E-state index contributed by atoms with van der Waals surface area (Å²) in [6, 6.07) is 28.2. The van der Waals surface area contributed by atoms with Gasteiger partial charge in [-0.15, -0.1) is 0 Å². The van der Waals surface area contributed by atoms with Crippen LogP contribution in [-0.4, -0.2) is 27.8 Å². The summed E-state index contributed by atoms with van der Waals surface area (Å²) < 4.78 is 18.6.